The molecule has 0 aromatic rings. The molecule has 428 valence electrons. The fourth-order valence-electron chi connectivity index (χ4n) is 9.25. The van der Waals surface area contributed by atoms with Crippen molar-refractivity contribution < 1.29 is 42.9 Å². The summed E-state index contributed by atoms with van der Waals surface area (Å²) in [6.45, 7) is 9.84. The molecule has 1 atom stereocenters. The third-order valence-corrected chi connectivity index (χ3v) is 13.9. The molecule has 1 aliphatic rings. The molecule has 0 radical (unpaired) electrons. The van der Waals surface area contributed by atoms with E-state index in [1.54, 1.807) is 0 Å². The van der Waals surface area contributed by atoms with Gasteiger partial charge in [-0.3, -0.25) is 14.4 Å². The predicted octanol–water partition coefficient (Wildman–Crippen LogP) is 18.1. The van der Waals surface area contributed by atoms with Crippen LogP contribution in [0.5, 0.6) is 0 Å². The summed E-state index contributed by atoms with van der Waals surface area (Å²) in [4.78, 5) is 54.1. The molecule has 0 saturated carbocycles. The lowest BCUT2D eigenvalue weighted by Gasteiger charge is -2.20. The summed E-state index contributed by atoms with van der Waals surface area (Å²) >= 11 is 0. The van der Waals surface area contributed by atoms with Gasteiger partial charge in [0.25, 0.3) is 0 Å². The van der Waals surface area contributed by atoms with Crippen LogP contribution in [0.1, 0.15) is 284 Å². The molecule has 0 spiro atoms. The van der Waals surface area contributed by atoms with Crippen LogP contribution in [0.2, 0.25) is 0 Å². The van der Waals surface area contributed by atoms with Gasteiger partial charge in [0.15, 0.2) is 6.10 Å². The molecule has 1 rings (SSSR count). The van der Waals surface area contributed by atoms with E-state index in [-0.39, 0.29) is 37.7 Å². The minimum absolute atomic E-state index is 0.0963. The van der Waals surface area contributed by atoms with Crippen LogP contribution in [0.3, 0.4) is 0 Å². The molecule has 0 aromatic carbocycles. The Morgan fingerprint density at radius 3 is 1.27 bits per heavy atom. The molecule has 0 amide bonds. The van der Waals surface area contributed by atoms with E-state index < -0.39 is 18.2 Å². The standard InChI is InChI=1S/C64H113NO9/c1-4-7-10-13-16-19-22-24-26-28-30-33-36-39-42-50-61(66)71-57-60(58-72-62(67)51-43-40-37-34-31-29-27-25-23-20-17-14-11-8-5-2)73-63(68)52-46-49-59(48-41-38-35-32-21-18-15-12-9-6-3)74-64(69)70-56-47-55-65-53-44-45-54-65/h16-17,19-20,24-27,59-60H,4-15,18,21-23,28-58H2,1-3H3/b19-16-,20-17-,26-24-,27-25-. The van der Waals surface area contributed by atoms with Crippen molar-refractivity contribution in [2.75, 3.05) is 39.5 Å². The van der Waals surface area contributed by atoms with Gasteiger partial charge in [-0.2, -0.15) is 0 Å². The molecule has 1 fully saturated rings. The van der Waals surface area contributed by atoms with E-state index in [9.17, 15) is 19.2 Å². The average Bonchev–Trinajstić information content (AvgIpc) is 3.92. The van der Waals surface area contributed by atoms with Crippen LogP contribution >= 0.6 is 0 Å². The zero-order chi connectivity index (χ0) is 53.5. The summed E-state index contributed by atoms with van der Waals surface area (Å²) in [5.74, 6) is -1.15. The highest BCUT2D eigenvalue weighted by Gasteiger charge is 2.22. The predicted molar refractivity (Wildman–Crippen MR) is 307 cm³/mol. The third kappa shape index (κ3) is 48.3. The summed E-state index contributed by atoms with van der Waals surface area (Å²) in [6.07, 6.45) is 58.2. The molecule has 0 N–H and O–H groups in total. The van der Waals surface area contributed by atoms with Gasteiger partial charge in [0.05, 0.1) is 6.61 Å². The molecule has 1 unspecified atom stereocenters. The maximum absolute atomic E-state index is 13.3. The molecular formula is C64H113NO9. The Balaban J connectivity index is 2.61. The number of esters is 3. The quantitative estimate of drug-likeness (QED) is 0.0252. The molecule has 10 nitrogen and oxygen atoms in total. The summed E-state index contributed by atoms with van der Waals surface area (Å²) in [5.41, 5.74) is 0. The van der Waals surface area contributed by atoms with Crippen LogP contribution in [0.15, 0.2) is 48.6 Å². The summed E-state index contributed by atoms with van der Waals surface area (Å²) in [5, 5.41) is 0. The van der Waals surface area contributed by atoms with Crippen molar-refractivity contribution in [1.29, 1.82) is 0 Å². The Labute approximate surface area is 454 Å². The van der Waals surface area contributed by atoms with E-state index in [4.69, 9.17) is 23.7 Å². The van der Waals surface area contributed by atoms with Gasteiger partial charge in [0.1, 0.15) is 19.3 Å². The van der Waals surface area contributed by atoms with Crippen LogP contribution in [0.4, 0.5) is 4.79 Å². The number of ether oxygens (including phenoxy) is 5. The molecule has 1 saturated heterocycles. The first-order chi connectivity index (χ1) is 36.4. The van der Waals surface area contributed by atoms with Gasteiger partial charge in [0.2, 0.25) is 0 Å². The third-order valence-electron chi connectivity index (χ3n) is 13.9. The lowest BCUT2D eigenvalue weighted by molar-refractivity contribution is -0.167. The van der Waals surface area contributed by atoms with E-state index >= 15 is 0 Å². The van der Waals surface area contributed by atoms with Gasteiger partial charge in [-0.1, -0.05) is 191 Å². The highest BCUT2D eigenvalue weighted by atomic mass is 16.7. The van der Waals surface area contributed by atoms with Crippen LogP contribution < -0.4 is 0 Å². The topological polar surface area (TPSA) is 118 Å². The Morgan fingerprint density at radius 1 is 0.392 bits per heavy atom. The zero-order valence-electron chi connectivity index (χ0n) is 48.1. The van der Waals surface area contributed by atoms with E-state index in [1.807, 2.05) is 0 Å². The molecule has 0 bridgehead atoms. The number of hydrogen-bond donors (Lipinski definition) is 0. The average molecular weight is 1040 g/mol. The van der Waals surface area contributed by atoms with Crippen LogP contribution in [0.25, 0.3) is 0 Å². The molecule has 1 aliphatic heterocycles. The van der Waals surface area contributed by atoms with E-state index in [2.05, 4.69) is 74.3 Å². The van der Waals surface area contributed by atoms with Crippen molar-refractivity contribution in [3.8, 4) is 0 Å². The lowest BCUT2D eigenvalue weighted by atomic mass is 10.0. The monoisotopic (exact) mass is 1040 g/mol. The van der Waals surface area contributed by atoms with E-state index in [0.717, 1.165) is 135 Å². The van der Waals surface area contributed by atoms with Crippen molar-refractivity contribution in [2.24, 2.45) is 0 Å². The second-order valence-corrected chi connectivity index (χ2v) is 21.0. The minimum Gasteiger partial charge on any atom is -0.462 e. The van der Waals surface area contributed by atoms with E-state index in [1.165, 1.54) is 109 Å². The first-order valence-electron chi connectivity index (χ1n) is 31.0. The van der Waals surface area contributed by atoms with Crippen molar-refractivity contribution in [2.45, 2.75) is 296 Å². The molecule has 0 aliphatic carbocycles. The Hall–Kier alpha value is -3.40. The number of rotatable bonds is 53. The zero-order valence-corrected chi connectivity index (χ0v) is 48.1. The Morgan fingerprint density at radius 2 is 0.784 bits per heavy atom. The normalized spacial score (nSPS) is 13.6. The van der Waals surface area contributed by atoms with Crippen molar-refractivity contribution in [3.05, 3.63) is 48.6 Å². The number of carbonyl (C=O) groups excluding carboxylic acids is 4. The first kappa shape index (κ1) is 68.6. The second-order valence-electron chi connectivity index (χ2n) is 21.0. The molecule has 74 heavy (non-hydrogen) atoms. The number of carbonyl (C=O) groups is 4. The smallest absolute Gasteiger partial charge is 0.462 e. The molecule has 1 heterocycles. The number of nitrogens with zero attached hydrogens (tertiary/aromatic N) is 1. The summed E-state index contributed by atoms with van der Waals surface area (Å²) in [7, 11) is 0. The second kappa shape index (κ2) is 54.4. The number of likely N-dealkylation sites (tertiary alicyclic amines) is 1. The summed E-state index contributed by atoms with van der Waals surface area (Å²) < 4.78 is 28.3. The van der Waals surface area contributed by atoms with Gasteiger partial charge < -0.3 is 28.6 Å². The number of unbranched alkanes of at least 4 members (excludes halogenated alkanes) is 25. The highest BCUT2D eigenvalue weighted by Crippen LogP contribution is 2.19. The SMILES string of the molecule is CCCCC/C=C\C/C=C\CCCCCCCC(=O)OCC(COC(=O)CCCCCCC/C=C\C/C=C\CCCCC)OC(=O)CCCC(CCCCCCCCCCCC)OC(=O)OCCCN1CCCC1. The van der Waals surface area contributed by atoms with Crippen LogP contribution in [-0.4, -0.2) is 80.6 Å². The van der Waals surface area contributed by atoms with Gasteiger partial charge in [0, 0.05) is 25.8 Å². The highest BCUT2D eigenvalue weighted by molar-refractivity contribution is 5.71. The van der Waals surface area contributed by atoms with Crippen molar-refractivity contribution in [3.63, 3.8) is 0 Å². The first-order valence-corrected chi connectivity index (χ1v) is 31.0. The Bertz CT molecular complexity index is 1360. The minimum atomic E-state index is -0.904. The van der Waals surface area contributed by atoms with Gasteiger partial charge in [-0.15, -0.1) is 0 Å². The van der Waals surface area contributed by atoms with E-state index in [0.29, 0.717) is 38.7 Å². The van der Waals surface area contributed by atoms with Crippen LogP contribution in [0, 0.1) is 0 Å². The number of allylic oxidation sites excluding steroid dienone is 8. The number of hydrogen-bond acceptors (Lipinski definition) is 10. The van der Waals surface area contributed by atoms with Gasteiger partial charge >= 0.3 is 24.1 Å². The van der Waals surface area contributed by atoms with Gasteiger partial charge in [-0.05, 0) is 135 Å². The fraction of sp³-hybridized carbons (Fsp3) is 0.812. The maximum atomic E-state index is 13.3. The fourth-order valence-corrected chi connectivity index (χ4v) is 9.25. The van der Waals surface area contributed by atoms with Crippen LogP contribution in [-0.2, 0) is 38.1 Å². The Kier molecular flexibility index (Phi) is 50.4. The van der Waals surface area contributed by atoms with Crippen molar-refractivity contribution in [1.82, 2.24) is 4.90 Å². The lowest BCUT2D eigenvalue weighted by Crippen LogP contribution is -2.31. The van der Waals surface area contributed by atoms with Crippen molar-refractivity contribution >= 4 is 24.1 Å². The van der Waals surface area contributed by atoms with Gasteiger partial charge in [-0.25, -0.2) is 4.79 Å². The maximum Gasteiger partial charge on any atom is 0.508 e. The largest absolute Gasteiger partial charge is 0.508 e. The molecule has 0 aromatic heterocycles. The summed E-state index contributed by atoms with van der Waals surface area (Å²) in [6, 6.07) is 0. The molecule has 10 heteroatoms. The molecular weight excluding hydrogens is 927 g/mol.